The molecular weight excluding hydrogens is 569 g/mol. The molecule has 2 heterocycles. The minimum absolute atomic E-state index is 1.26. The first kappa shape index (κ1) is 28.5. The van der Waals surface area contributed by atoms with Crippen molar-refractivity contribution in [2.45, 2.75) is 53.9 Å². The number of hydrogen-bond donors (Lipinski definition) is 0. The van der Waals surface area contributed by atoms with E-state index >= 15 is 0 Å². The Morgan fingerprint density at radius 1 is 0.318 bits per heavy atom. The van der Waals surface area contributed by atoms with Gasteiger partial charge in [0.25, 0.3) is 16.8 Å². The van der Waals surface area contributed by atoms with Crippen LogP contribution in [0, 0.1) is 27.7 Å². The summed E-state index contributed by atoms with van der Waals surface area (Å²) in [7, 11) is -4.53. The van der Waals surface area contributed by atoms with Gasteiger partial charge in [-0.1, -0.05) is 70.8 Å². The average Bonchev–Trinajstić information content (AvgIpc) is 3.35. The van der Waals surface area contributed by atoms with Crippen molar-refractivity contribution < 1.29 is 0 Å². The summed E-state index contributed by atoms with van der Waals surface area (Å²) in [5.74, 6) is 0. The van der Waals surface area contributed by atoms with E-state index in [0.29, 0.717) is 0 Å². The Kier molecular flexibility index (Phi) is 6.57. The zero-order valence-electron chi connectivity index (χ0n) is 27.2. The van der Waals surface area contributed by atoms with Gasteiger partial charge in [0.1, 0.15) is 0 Å². The van der Waals surface area contributed by atoms with Gasteiger partial charge in [-0.2, -0.15) is 0 Å². The van der Waals surface area contributed by atoms with Crippen LogP contribution in [-0.4, -0.2) is 16.8 Å². The second-order valence-corrected chi connectivity index (χ2v) is 21.3. The van der Waals surface area contributed by atoms with E-state index in [1.54, 1.807) is 0 Å². The topological polar surface area (TPSA) is 13.0 Å². The van der Waals surface area contributed by atoms with Crippen molar-refractivity contribution in [3.8, 4) is 0 Å². The van der Waals surface area contributed by atoms with Crippen LogP contribution in [0.3, 0.4) is 0 Å². The van der Waals surface area contributed by atoms with E-state index in [-0.39, 0.29) is 0 Å². The summed E-state index contributed by atoms with van der Waals surface area (Å²) in [4.78, 5) is 0. The molecule has 4 nitrogen and oxygen atoms in total. The summed E-state index contributed by atoms with van der Waals surface area (Å²) < 4.78 is 10.7. The first-order chi connectivity index (χ1) is 21.0. The van der Waals surface area contributed by atoms with Crippen molar-refractivity contribution >= 4 is 62.3 Å². The summed E-state index contributed by atoms with van der Waals surface area (Å²) >= 11 is 0. The predicted molar refractivity (Wildman–Crippen MR) is 195 cm³/mol. The van der Waals surface area contributed by atoms with Gasteiger partial charge >= 0.3 is 0 Å². The number of aryl methyl sites for hydroxylation is 4. The van der Waals surface area contributed by atoms with Gasteiger partial charge in [-0.05, 0) is 115 Å². The number of anilines is 8. The molecule has 0 aromatic heterocycles. The Balaban J connectivity index is 1.52. The Bertz CT molecular complexity index is 1580. The Morgan fingerprint density at radius 2 is 0.500 bits per heavy atom. The molecule has 0 amide bonds. The van der Waals surface area contributed by atoms with Crippen molar-refractivity contribution in [2.24, 2.45) is 0 Å². The normalized spacial score (nSPS) is 16.4. The third kappa shape index (κ3) is 4.39. The molecule has 5 aromatic carbocycles. The molecular formula is C38H42N4Si2. The van der Waals surface area contributed by atoms with Crippen LogP contribution in [0.1, 0.15) is 22.3 Å². The highest BCUT2D eigenvalue weighted by Gasteiger charge is 2.52. The molecule has 7 rings (SSSR count). The van der Waals surface area contributed by atoms with Gasteiger partial charge in [-0.15, -0.1) is 0 Å². The van der Waals surface area contributed by atoms with Gasteiger partial charge < -0.3 is 18.3 Å². The molecule has 222 valence electrons. The van der Waals surface area contributed by atoms with E-state index in [9.17, 15) is 0 Å². The fourth-order valence-corrected chi connectivity index (χ4v) is 13.8. The Hall–Kier alpha value is -4.27. The lowest BCUT2D eigenvalue weighted by atomic mass is 10.1. The van der Waals surface area contributed by atoms with E-state index in [1.165, 1.54) is 67.8 Å². The van der Waals surface area contributed by atoms with Crippen LogP contribution in [0.4, 0.5) is 45.5 Å². The maximum atomic E-state index is 2.67. The van der Waals surface area contributed by atoms with Gasteiger partial charge in [-0.25, -0.2) is 0 Å². The van der Waals surface area contributed by atoms with Crippen molar-refractivity contribution in [1.82, 2.24) is 0 Å². The summed E-state index contributed by atoms with van der Waals surface area (Å²) in [6.45, 7) is 18.6. The SMILES string of the molecule is Cc1ccc(N2c3cc4c(cc3N(c3ccc(C)cc3)[Si]2(C)C)N(c2ccc(C)cc2)[Si](C)(C)N4c2ccc(C)cc2)cc1. The molecule has 0 aliphatic carbocycles. The Morgan fingerprint density at radius 3 is 0.682 bits per heavy atom. The number of hydrogen-bond acceptors (Lipinski definition) is 4. The molecule has 0 radical (unpaired) electrons. The first-order valence-electron chi connectivity index (χ1n) is 15.6. The van der Waals surface area contributed by atoms with Gasteiger partial charge in [0, 0.05) is 22.7 Å². The van der Waals surface area contributed by atoms with Crippen molar-refractivity contribution in [3.63, 3.8) is 0 Å². The molecule has 2 aliphatic rings. The molecule has 0 bridgehead atoms. The largest absolute Gasteiger partial charge is 0.349 e. The maximum Gasteiger partial charge on any atom is 0.267 e. The summed E-state index contributed by atoms with van der Waals surface area (Å²) in [6.07, 6.45) is 0. The molecule has 6 heteroatoms. The van der Waals surface area contributed by atoms with Crippen LogP contribution in [0.15, 0.2) is 109 Å². The second-order valence-electron chi connectivity index (χ2n) is 13.5. The summed E-state index contributed by atoms with van der Waals surface area (Å²) in [5.41, 5.74) is 15.3. The predicted octanol–water partition coefficient (Wildman–Crippen LogP) is 10.9. The summed E-state index contributed by atoms with van der Waals surface area (Å²) in [6, 6.07) is 41.4. The highest BCUT2D eigenvalue weighted by atomic mass is 28.4. The standard InChI is InChI=1S/C38H42N4Si2/c1-27-9-17-31(18-10-27)39-35-25-37-38(26-36(35)40(43(39,5)6)32-19-11-28(2)12-20-32)42(34-23-15-30(4)16-24-34)44(7,8)41(37)33-21-13-29(3)14-22-33/h9-26H,1-8H3. The van der Waals surface area contributed by atoms with E-state index in [2.05, 4.69) is 181 Å². The van der Waals surface area contributed by atoms with Crippen LogP contribution in [-0.2, 0) is 0 Å². The lowest BCUT2D eigenvalue weighted by Crippen LogP contribution is -2.54. The molecule has 2 aliphatic heterocycles. The monoisotopic (exact) mass is 610 g/mol. The van der Waals surface area contributed by atoms with E-state index < -0.39 is 16.8 Å². The van der Waals surface area contributed by atoms with E-state index in [4.69, 9.17) is 0 Å². The lowest BCUT2D eigenvalue weighted by Gasteiger charge is -2.39. The second kappa shape index (κ2) is 10.1. The molecule has 0 spiro atoms. The number of fused-ring (bicyclic) bond motifs is 2. The molecule has 5 aromatic rings. The maximum absolute atomic E-state index is 2.67. The van der Waals surface area contributed by atoms with Crippen LogP contribution in [0.2, 0.25) is 26.2 Å². The van der Waals surface area contributed by atoms with Gasteiger partial charge in [0.2, 0.25) is 0 Å². The third-order valence-electron chi connectivity index (χ3n) is 9.39. The van der Waals surface area contributed by atoms with Crippen LogP contribution in [0.25, 0.3) is 0 Å². The fourth-order valence-electron chi connectivity index (χ4n) is 7.25. The zero-order chi connectivity index (χ0) is 31.0. The van der Waals surface area contributed by atoms with Gasteiger partial charge in [-0.3, -0.25) is 0 Å². The molecule has 0 N–H and O–H groups in total. The highest BCUT2D eigenvalue weighted by Crippen LogP contribution is 2.59. The number of rotatable bonds is 4. The highest BCUT2D eigenvalue weighted by molar-refractivity contribution is 6.90. The lowest BCUT2D eigenvalue weighted by molar-refractivity contribution is 1.29. The molecule has 0 unspecified atom stereocenters. The molecule has 0 saturated carbocycles. The smallest absolute Gasteiger partial charge is 0.267 e. The van der Waals surface area contributed by atoms with Gasteiger partial charge in [0.15, 0.2) is 0 Å². The quantitative estimate of drug-likeness (QED) is 0.188. The minimum Gasteiger partial charge on any atom is -0.349 e. The molecule has 44 heavy (non-hydrogen) atoms. The molecule has 0 saturated heterocycles. The van der Waals surface area contributed by atoms with E-state index in [0.717, 1.165) is 0 Å². The zero-order valence-corrected chi connectivity index (χ0v) is 29.2. The minimum atomic E-state index is -2.27. The Labute approximate surface area is 265 Å². The number of nitrogens with zero attached hydrogens (tertiary/aromatic N) is 4. The fraction of sp³-hybridized carbons (Fsp3) is 0.211. The first-order valence-corrected chi connectivity index (χ1v) is 21.4. The third-order valence-corrected chi connectivity index (χ3v) is 15.8. The van der Waals surface area contributed by atoms with Crippen LogP contribution in [0.5, 0.6) is 0 Å². The average molecular weight is 611 g/mol. The van der Waals surface area contributed by atoms with Crippen LogP contribution < -0.4 is 18.3 Å². The van der Waals surface area contributed by atoms with Gasteiger partial charge in [0.05, 0.1) is 22.7 Å². The molecule has 0 atom stereocenters. The van der Waals surface area contributed by atoms with Crippen molar-refractivity contribution in [3.05, 3.63) is 131 Å². The molecule has 0 fully saturated rings. The van der Waals surface area contributed by atoms with Crippen molar-refractivity contribution in [1.29, 1.82) is 0 Å². The van der Waals surface area contributed by atoms with Crippen molar-refractivity contribution in [2.75, 3.05) is 18.3 Å². The van der Waals surface area contributed by atoms with Crippen LogP contribution >= 0.6 is 0 Å². The van der Waals surface area contributed by atoms with E-state index in [1.807, 2.05) is 0 Å². The summed E-state index contributed by atoms with van der Waals surface area (Å²) in [5, 5.41) is 0. The number of benzene rings is 5.